The normalized spacial score (nSPS) is 35.8. The predicted octanol–water partition coefficient (Wildman–Crippen LogP) is 4.73. The molecule has 2 rings (SSSR count). The van der Waals surface area contributed by atoms with Crippen molar-refractivity contribution >= 4 is 0 Å². The smallest absolute Gasteiger partial charge is 0.0377 e. The minimum absolute atomic E-state index is 0.440. The Kier molecular flexibility index (Phi) is 3.56. The maximum Gasteiger partial charge on any atom is 0.0377 e. The molecule has 0 radical (unpaired) electrons. The number of rotatable bonds is 4. The number of unbranched alkanes of at least 4 members (excludes halogenated alkanes) is 2. The van der Waals surface area contributed by atoms with E-state index in [0.29, 0.717) is 11.0 Å². The molecule has 0 aromatic carbocycles. The molecule has 0 spiro atoms. The molecule has 2 fully saturated rings. The number of hydrogen-bond acceptors (Lipinski definition) is 1. The summed E-state index contributed by atoms with van der Waals surface area (Å²) in [5.41, 5.74) is 0.940. The maximum absolute atomic E-state index is 2.70. The van der Waals surface area contributed by atoms with Crippen LogP contribution in [0.2, 0.25) is 0 Å². The highest BCUT2D eigenvalue weighted by Gasteiger charge is 2.53. The topological polar surface area (TPSA) is 3.24 Å². The summed E-state index contributed by atoms with van der Waals surface area (Å²) in [5.74, 6) is 0. The lowest BCUT2D eigenvalue weighted by molar-refractivity contribution is 0.109. The van der Waals surface area contributed by atoms with E-state index in [2.05, 4.69) is 44.9 Å². The van der Waals surface area contributed by atoms with E-state index in [0.717, 1.165) is 6.04 Å². The molecule has 0 saturated carbocycles. The number of fused-ring (bicyclic) bond motifs is 2. The second-order valence-electron chi connectivity index (χ2n) is 7.00. The fraction of sp³-hybridized carbons (Fsp3) is 0.875. The Morgan fingerprint density at radius 1 is 1.29 bits per heavy atom. The fourth-order valence-electron chi connectivity index (χ4n) is 4.16. The Morgan fingerprint density at radius 2 is 2.06 bits per heavy atom. The van der Waals surface area contributed by atoms with E-state index in [4.69, 9.17) is 0 Å². The Balaban J connectivity index is 2.08. The molecule has 2 aliphatic heterocycles. The van der Waals surface area contributed by atoms with Gasteiger partial charge in [0.2, 0.25) is 0 Å². The molecule has 0 aliphatic carbocycles. The molecular formula is C16H29N. The number of allylic oxidation sites excluding steroid dienone is 1. The van der Waals surface area contributed by atoms with Crippen molar-refractivity contribution in [2.75, 3.05) is 0 Å². The van der Waals surface area contributed by atoms with Crippen LogP contribution in [-0.2, 0) is 0 Å². The first-order valence-electron chi connectivity index (χ1n) is 7.45. The average Bonchev–Trinajstić information content (AvgIpc) is 2.35. The molecule has 1 nitrogen and oxygen atoms in total. The second kappa shape index (κ2) is 4.66. The van der Waals surface area contributed by atoms with Gasteiger partial charge < -0.3 is 4.90 Å². The highest BCUT2D eigenvalue weighted by Crippen LogP contribution is 2.53. The summed E-state index contributed by atoms with van der Waals surface area (Å²) in [5, 5.41) is 0. The Hall–Kier alpha value is -0.460. The van der Waals surface area contributed by atoms with Gasteiger partial charge in [-0.2, -0.15) is 0 Å². The van der Waals surface area contributed by atoms with Crippen molar-refractivity contribution in [2.24, 2.45) is 5.41 Å². The molecule has 2 saturated heterocycles. The number of hydrogen-bond donors (Lipinski definition) is 0. The largest absolute Gasteiger partial charge is 0.369 e. The summed E-state index contributed by atoms with van der Waals surface area (Å²) in [6.45, 7) is 9.66. The SMILES string of the molecule is CCCC/C=C/N1[C@@H]2CCC[C@@]1(C)CC2(C)C. The quantitative estimate of drug-likeness (QED) is 0.637. The van der Waals surface area contributed by atoms with Gasteiger partial charge in [0.1, 0.15) is 0 Å². The zero-order chi connectivity index (χ0) is 12.5. The summed E-state index contributed by atoms with van der Waals surface area (Å²) in [6, 6.07) is 0.777. The van der Waals surface area contributed by atoms with Crippen LogP contribution < -0.4 is 0 Å². The van der Waals surface area contributed by atoms with Crippen LogP contribution in [0, 0.1) is 5.41 Å². The summed E-state index contributed by atoms with van der Waals surface area (Å²) < 4.78 is 0. The van der Waals surface area contributed by atoms with Crippen molar-refractivity contribution in [3.8, 4) is 0 Å². The molecule has 0 N–H and O–H groups in total. The van der Waals surface area contributed by atoms with E-state index in [1.54, 1.807) is 0 Å². The molecule has 98 valence electrons. The molecule has 17 heavy (non-hydrogen) atoms. The third-order valence-electron chi connectivity index (χ3n) is 4.88. The van der Waals surface area contributed by atoms with Crippen LogP contribution in [0.15, 0.2) is 12.3 Å². The molecule has 0 unspecified atom stereocenters. The zero-order valence-corrected chi connectivity index (χ0v) is 12.1. The number of nitrogens with zero attached hydrogens (tertiary/aromatic N) is 1. The molecule has 2 heterocycles. The lowest BCUT2D eigenvalue weighted by Crippen LogP contribution is -2.45. The van der Waals surface area contributed by atoms with Crippen LogP contribution in [0.4, 0.5) is 0 Å². The second-order valence-corrected chi connectivity index (χ2v) is 7.00. The van der Waals surface area contributed by atoms with E-state index in [1.807, 2.05) is 0 Å². The number of piperidine rings is 1. The van der Waals surface area contributed by atoms with E-state index in [-0.39, 0.29) is 0 Å². The highest BCUT2D eigenvalue weighted by atomic mass is 15.3. The fourth-order valence-corrected chi connectivity index (χ4v) is 4.16. The molecule has 0 aromatic heterocycles. The van der Waals surface area contributed by atoms with Gasteiger partial charge >= 0.3 is 0 Å². The van der Waals surface area contributed by atoms with Crippen LogP contribution in [0.25, 0.3) is 0 Å². The average molecular weight is 235 g/mol. The first kappa shape index (κ1) is 13.0. The Morgan fingerprint density at radius 3 is 2.71 bits per heavy atom. The highest BCUT2D eigenvalue weighted by molar-refractivity contribution is 5.12. The Bertz CT molecular complexity index is 292. The van der Waals surface area contributed by atoms with Crippen molar-refractivity contribution in [1.82, 2.24) is 4.90 Å². The van der Waals surface area contributed by atoms with Crippen LogP contribution in [0.5, 0.6) is 0 Å². The van der Waals surface area contributed by atoms with Gasteiger partial charge in [0.05, 0.1) is 0 Å². The molecular weight excluding hydrogens is 206 g/mol. The van der Waals surface area contributed by atoms with Gasteiger partial charge in [-0.1, -0.05) is 39.7 Å². The standard InChI is InChI=1S/C16H29N/c1-5-6-7-8-12-17-14-10-9-11-16(17,4)13-15(14,2)3/h8,12,14H,5-7,9-11,13H2,1-4H3/b12-8+/t14-,16+/m1/s1. The molecule has 1 heteroatoms. The van der Waals surface area contributed by atoms with Crippen molar-refractivity contribution in [1.29, 1.82) is 0 Å². The van der Waals surface area contributed by atoms with Gasteiger partial charge in [0, 0.05) is 11.6 Å². The Labute approximate surface area is 107 Å². The van der Waals surface area contributed by atoms with Crippen molar-refractivity contribution in [3.63, 3.8) is 0 Å². The third kappa shape index (κ3) is 2.39. The molecule has 0 amide bonds. The third-order valence-corrected chi connectivity index (χ3v) is 4.88. The summed E-state index contributed by atoms with van der Waals surface area (Å²) in [7, 11) is 0. The van der Waals surface area contributed by atoms with Gasteiger partial charge in [-0.05, 0) is 50.6 Å². The summed E-state index contributed by atoms with van der Waals surface area (Å²) in [4.78, 5) is 2.70. The first-order chi connectivity index (χ1) is 7.99. The van der Waals surface area contributed by atoms with E-state index in [9.17, 15) is 0 Å². The summed E-state index contributed by atoms with van der Waals surface area (Å²) >= 11 is 0. The van der Waals surface area contributed by atoms with Crippen LogP contribution in [-0.4, -0.2) is 16.5 Å². The minimum atomic E-state index is 0.440. The van der Waals surface area contributed by atoms with Gasteiger partial charge in [-0.25, -0.2) is 0 Å². The van der Waals surface area contributed by atoms with Crippen LogP contribution >= 0.6 is 0 Å². The van der Waals surface area contributed by atoms with Gasteiger partial charge in [-0.3, -0.25) is 0 Å². The minimum Gasteiger partial charge on any atom is -0.369 e. The molecule has 2 aliphatic rings. The van der Waals surface area contributed by atoms with E-state index >= 15 is 0 Å². The molecule has 2 atom stereocenters. The lowest BCUT2D eigenvalue weighted by Gasteiger charge is -2.43. The molecule has 2 bridgehead atoms. The van der Waals surface area contributed by atoms with E-state index in [1.165, 1.54) is 44.9 Å². The summed E-state index contributed by atoms with van der Waals surface area (Å²) in [6.07, 6.45) is 14.3. The van der Waals surface area contributed by atoms with Crippen molar-refractivity contribution in [3.05, 3.63) is 12.3 Å². The van der Waals surface area contributed by atoms with Crippen molar-refractivity contribution < 1.29 is 0 Å². The maximum atomic E-state index is 2.70. The van der Waals surface area contributed by atoms with E-state index < -0.39 is 0 Å². The lowest BCUT2D eigenvalue weighted by atomic mass is 9.82. The van der Waals surface area contributed by atoms with Gasteiger partial charge in [0.15, 0.2) is 0 Å². The zero-order valence-electron chi connectivity index (χ0n) is 12.1. The van der Waals surface area contributed by atoms with Crippen LogP contribution in [0.3, 0.4) is 0 Å². The predicted molar refractivity (Wildman–Crippen MR) is 74.9 cm³/mol. The monoisotopic (exact) mass is 235 g/mol. The van der Waals surface area contributed by atoms with Gasteiger partial charge in [0.25, 0.3) is 0 Å². The van der Waals surface area contributed by atoms with Gasteiger partial charge in [-0.15, -0.1) is 0 Å². The van der Waals surface area contributed by atoms with Crippen LogP contribution in [0.1, 0.15) is 72.6 Å². The van der Waals surface area contributed by atoms with Crippen molar-refractivity contribution in [2.45, 2.75) is 84.2 Å². The first-order valence-corrected chi connectivity index (χ1v) is 7.45. The molecule has 0 aromatic rings.